The summed E-state index contributed by atoms with van der Waals surface area (Å²) in [5.74, 6) is 2.10. The number of rotatable bonds is 2. The first-order valence-electron chi connectivity index (χ1n) is 11.9. The van der Waals surface area contributed by atoms with Gasteiger partial charge in [-0.1, -0.05) is 17.7 Å². The van der Waals surface area contributed by atoms with Gasteiger partial charge in [-0.2, -0.15) is 0 Å². The van der Waals surface area contributed by atoms with Gasteiger partial charge in [0, 0.05) is 29.7 Å². The number of hydrogen-bond donors (Lipinski definition) is 1. The normalized spacial score (nSPS) is 36.6. The van der Waals surface area contributed by atoms with Gasteiger partial charge in [0.1, 0.15) is 0 Å². The van der Waals surface area contributed by atoms with E-state index < -0.39 is 0 Å². The fourth-order valence-electron chi connectivity index (χ4n) is 7.64. The lowest BCUT2D eigenvalue weighted by molar-refractivity contribution is -0.0240. The average molecular weight is 394 g/mol. The summed E-state index contributed by atoms with van der Waals surface area (Å²) in [5.41, 5.74) is 4.82. The Hall–Kier alpha value is -1.55. The van der Waals surface area contributed by atoms with E-state index in [1.54, 1.807) is 6.42 Å². The van der Waals surface area contributed by atoms with Crippen molar-refractivity contribution in [2.75, 3.05) is 24.5 Å². The summed E-state index contributed by atoms with van der Waals surface area (Å²) in [6.07, 6.45) is 8.39. The van der Waals surface area contributed by atoms with Crippen LogP contribution in [0.1, 0.15) is 63.5 Å². The maximum absolute atomic E-state index is 12.9. The van der Waals surface area contributed by atoms with Crippen LogP contribution in [0.3, 0.4) is 0 Å². The Balaban J connectivity index is 1.22. The molecule has 0 bridgehead atoms. The number of nitrogens with one attached hydrogen (secondary N) is 1. The summed E-state index contributed by atoms with van der Waals surface area (Å²) >= 11 is 0. The minimum atomic E-state index is 0.0658. The van der Waals surface area contributed by atoms with Crippen LogP contribution >= 0.6 is 0 Å². The third-order valence-corrected chi connectivity index (χ3v) is 9.25. The Bertz CT molecular complexity index is 854. The lowest BCUT2D eigenvalue weighted by Crippen LogP contribution is -2.57. The molecule has 2 heterocycles. The maximum atomic E-state index is 12.9. The molecule has 1 aromatic rings. The number of anilines is 1. The number of aryl methyl sites for hydroxylation is 1. The van der Waals surface area contributed by atoms with Gasteiger partial charge in [0.2, 0.25) is 0 Å². The minimum Gasteiger partial charge on any atom is -0.336 e. The van der Waals surface area contributed by atoms with Gasteiger partial charge in [0.15, 0.2) is 0 Å². The predicted octanol–water partition coefficient (Wildman–Crippen LogP) is 4.46. The first-order valence-corrected chi connectivity index (χ1v) is 11.9. The van der Waals surface area contributed by atoms with Crippen LogP contribution < -0.4 is 10.2 Å². The quantitative estimate of drug-likeness (QED) is 0.805. The number of likely N-dealkylation sites (tertiary alicyclic amines) is 1. The molecule has 2 aliphatic heterocycles. The molecule has 1 N–H and O–H groups in total. The highest BCUT2D eigenvalue weighted by molar-refractivity contribution is 5.95. The molecule has 3 saturated carbocycles. The van der Waals surface area contributed by atoms with Crippen molar-refractivity contribution in [1.29, 1.82) is 0 Å². The van der Waals surface area contributed by atoms with Crippen LogP contribution in [0.25, 0.3) is 0 Å². The van der Waals surface area contributed by atoms with E-state index in [9.17, 15) is 4.79 Å². The van der Waals surface area contributed by atoms with Crippen molar-refractivity contribution in [1.82, 2.24) is 10.2 Å². The molecular weight excluding hydrogens is 358 g/mol. The number of nitrogens with zero attached hydrogens (tertiary/aromatic N) is 2. The molecule has 156 valence electrons. The molecule has 4 unspecified atom stereocenters. The maximum Gasteiger partial charge on any atom is 0.322 e. The fourth-order valence-corrected chi connectivity index (χ4v) is 7.64. The second kappa shape index (κ2) is 6.00. The predicted molar refractivity (Wildman–Crippen MR) is 116 cm³/mol. The second-order valence-corrected chi connectivity index (χ2v) is 11.1. The van der Waals surface area contributed by atoms with E-state index in [1.165, 1.54) is 56.3 Å². The number of carbonyl (C=O) groups is 1. The summed E-state index contributed by atoms with van der Waals surface area (Å²) in [6.45, 7) is 9.51. The molecule has 5 aliphatic rings. The van der Waals surface area contributed by atoms with Gasteiger partial charge in [-0.25, -0.2) is 4.79 Å². The lowest BCUT2D eigenvalue weighted by Gasteiger charge is -2.53. The fraction of sp³-hybridized carbons (Fsp3) is 0.720. The van der Waals surface area contributed by atoms with Crippen molar-refractivity contribution in [2.45, 2.75) is 76.8 Å². The molecule has 4 heteroatoms. The van der Waals surface area contributed by atoms with Gasteiger partial charge in [0.05, 0.1) is 0 Å². The highest BCUT2D eigenvalue weighted by Gasteiger charge is 2.71. The van der Waals surface area contributed by atoms with Crippen molar-refractivity contribution in [3.8, 4) is 0 Å². The first kappa shape index (κ1) is 18.2. The van der Waals surface area contributed by atoms with E-state index >= 15 is 0 Å². The monoisotopic (exact) mass is 393 g/mol. The van der Waals surface area contributed by atoms with Gasteiger partial charge in [0.25, 0.3) is 0 Å². The van der Waals surface area contributed by atoms with Gasteiger partial charge in [-0.3, -0.25) is 4.90 Å². The zero-order valence-electron chi connectivity index (χ0n) is 18.2. The third-order valence-electron chi connectivity index (χ3n) is 9.25. The van der Waals surface area contributed by atoms with Gasteiger partial charge >= 0.3 is 6.03 Å². The third kappa shape index (κ3) is 2.50. The van der Waals surface area contributed by atoms with E-state index in [0.29, 0.717) is 0 Å². The van der Waals surface area contributed by atoms with Gasteiger partial charge in [-0.15, -0.1) is 0 Å². The summed E-state index contributed by atoms with van der Waals surface area (Å²) in [6, 6.07) is 7.78. The van der Waals surface area contributed by atoms with Crippen molar-refractivity contribution >= 4 is 11.7 Å². The van der Waals surface area contributed by atoms with E-state index in [2.05, 4.69) is 35.3 Å². The SMILES string of the molecule is Cc1ccc2c(c1)C1(CCN(C3CC45CC4CCC35)CC1)CN2C(=O)NC(C)C. The number of benzene rings is 1. The molecule has 0 radical (unpaired) electrons. The summed E-state index contributed by atoms with van der Waals surface area (Å²) in [4.78, 5) is 17.8. The van der Waals surface area contributed by atoms with Crippen LogP contribution in [0.5, 0.6) is 0 Å². The molecule has 4 fully saturated rings. The molecule has 1 aromatic carbocycles. The van der Waals surface area contributed by atoms with Crippen molar-refractivity contribution in [3.05, 3.63) is 29.3 Å². The van der Waals surface area contributed by atoms with E-state index in [4.69, 9.17) is 0 Å². The topological polar surface area (TPSA) is 35.6 Å². The smallest absolute Gasteiger partial charge is 0.322 e. The second-order valence-electron chi connectivity index (χ2n) is 11.1. The summed E-state index contributed by atoms with van der Waals surface area (Å²) in [5, 5.41) is 3.12. The molecule has 4 nitrogen and oxygen atoms in total. The highest BCUT2D eigenvalue weighted by Crippen LogP contribution is 2.76. The highest BCUT2D eigenvalue weighted by atomic mass is 16.2. The Morgan fingerprint density at radius 1 is 1.17 bits per heavy atom. The van der Waals surface area contributed by atoms with Crippen LogP contribution in [-0.4, -0.2) is 42.6 Å². The zero-order chi connectivity index (χ0) is 20.0. The van der Waals surface area contributed by atoms with E-state index in [0.717, 1.165) is 35.5 Å². The lowest BCUT2D eigenvalue weighted by atomic mass is 9.65. The average Bonchev–Trinajstić information content (AvgIpc) is 3.24. The Labute approximate surface area is 175 Å². The van der Waals surface area contributed by atoms with Crippen LogP contribution in [0.2, 0.25) is 0 Å². The molecule has 0 aromatic heterocycles. The number of hydrogen-bond acceptors (Lipinski definition) is 2. The molecule has 1 saturated heterocycles. The largest absolute Gasteiger partial charge is 0.336 e. The van der Waals surface area contributed by atoms with Crippen LogP contribution in [0.4, 0.5) is 10.5 Å². The molecular formula is C25H35N3O. The summed E-state index contributed by atoms with van der Waals surface area (Å²) < 4.78 is 0. The summed E-state index contributed by atoms with van der Waals surface area (Å²) in [7, 11) is 0. The number of carbonyl (C=O) groups excluding carboxylic acids is 1. The Kier molecular flexibility index (Phi) is 3.77. The van der Waals surface area contributed by atoms with Gasteiger partial charge in [-0.05, 0) is 101 Å². The van der Waals surface area contributed by atoms with E-state index in [1.807, 2.05) is 18.7 Å². The van der Waals surface area contributed by atoms with Crippen LogP contribution in [0, 0.1) is 24.2 Å². The number of urea groups is 1. The van der Waals surface area contributed by atoms with E-state index in [-0.39, 0.29) is 17.5 Å². The minimum absolute atomic E-state index is 0.0658. The first-order chi connectivity index (χ1) is 13.9. The van der Waals surface area contributed by atoms with Crippen molar-refractivity contribution in [2.24, 2.45) is 17.3 Å². The molecule has 6 rings (SSSR count). The van der Waals surface area contributed by atoms with Crippen LogP contribution in [-0.2, 0) is 5.41 Å². The number of amides is 2. The number of fused-ring (bicyclic) bond motifs is 2. The Morgan fingerprint density at radius 2 is 1.97 bits per heavy atom. The zero-order valence-corrected chi connectivity index (χ0v) is 18.2. The molecule has 4 atom stereocenters. The van der Waals surface area contributed by atoms with Crippen LogP contribution in [0.15, 0.2) is 18.2 Å². The van der Waals surface area contributed by atoms with Crippen molar-refractivity contribution < 1.29 is 4.79 Å². The molecule has 3 aliphatic carbocycles. The van der Waals surface area contributed by atoms with Crippen molar-refractivity contribution in [3.63, 3.8) is 0 Å². The standard InChI is InChI=1S/C25H35N3O/c1-16(2)26-23(29)28-15-24(20-12-17(3)4-7-21(20)28)8-10-27(11-9-24)22-14-25-13-18(25)5-6-19(22)25/h4,7,12,16,18-19,22H,5-6,8-11,13-15H2,1-3H3,(H,26,29). The number of piperidine rings is 1. The molecule has 2 amide bonds. The molecule has 2 spiro atoms. The molecule has 29 heavy (non-hydrogen) atoms. The Morgan fingerprint density at radius 3 is 2.66 bits per heavy atom. The van der Waals surface area contributed by atoms with Gasteiger partial charge < -0.3 is 10.2 Å².